The number of rotatable bonds is 10. The zero-order valence-electron chi connectivity index (χ0n) is 17.1. The summed E-state index contributed by atoms with van der Waals surface area (Å²) in [7, 11) is 0. The highest BCUT2D eigenvalue weighted by Crippen LogP contribution is 2.18. The van der Waals surface area contributed by atoms with Crippen LogP contribution in [0.3, 0.4) is 0 Å². The Balaban J connectivity index is 1.87. The van der Waals surface area contributed by atoms with Crippen LogP contribution in [-0.2, 0) is 13.0 Å². The van der Waals surface area contributed by atoms with Crippen LogP contribution in [0.25, 0.3) is 0 Å². The van der Waals surface area contributed by atoms with Crippen LogP contribution in [0.4, 0.5) is 5.69 Å². The van der Waals surface area contributed by atoms with Crippen LogP contribution in [0.15, 0.2) is 35.6 Å². The lowest BCUT2D eigenvalue weighted by atomic mass is 10.2. The van der Waals surface area contributed by atoms with Crippen LogP contribution in [0.2, 0.25) is 0 Å². The topological polar surface area (TPSA) is 70.4 Å². The van der Waals surface area contributed by atoms with Gasteiger partial charge in [0.25, 0.3) is 0 Å². The number of para-hydroxylation sites is 1. The Hall–Kier alpha value is -2.57. The third kappa shape index (κ3) is 6.27. The second kappa shape index (κ2) is 11.2. The minimum atomic E-state index is 0.740. The lowest BCUT2D eigenvalue weighted by Gasteiger charge is -2.24. The van der Waals surface area contributed by atoms with Crippen molar-refractivity contribution in [2.75, 3.05) is 37.6 Å². The van der Waals surface area contributed by atoms with E-state index >= 15 is 0 Å². The van der Waals surface area contributed by atoms with Crippen molar-refractivity contribution in [2.45, 2.75) is 40.7 Å². The first kappa shape index (κ1) is 20.7. The third-order valence-corrected chi connectivity index (χ3v) is 4.48. The number of nitrogens with one attached hydrogen (secondary N) is 2. The monoisotopic (exact) mass is 371 g/mol. The van der Waals surface area contributed by atoms with Gasteiger partial charge >= 0.3 is 0 Å². The Bertz CT molecular complexity index is 708. The van der Waals surface area contributed by atoms with Crippen molar-refractivity contribution >= 4 is 11.6 Å². The molecule has 0 aliphatic heterocycles. The predicted molar refractivity (Wildman–Crippen MR) is 112 cm³/mol. The fraction of sp³-hybridized carbons (Fsp3) is 0.550. The summed E-state index contributed by atoms with van der Waals surface area (Å²) in [6.45, 7) is 13.6. The maximum atomic E-state index is 4.73. The molecule has 2 aromatic rings. The zero-order chi connectivity index (χ0) is 19.5. The molecule has 0 fully saturated rings. The number of guanidine groups is 1. The minimum Gasteiger partial charge on any atom is -0.370 e. The van der Waals surface area contributed by atoms with Crippen LogP contribution < -0.4 is 15.5 Å². The van der Waals surface area contributed by atoms with Crippen molar-refractivity contribution in [3.05, 3.63) is 42.0 Å². The fourth-order valence-corrected chi connectivity index (χ4v) is 3.03. The van der Waals surface area contributed by atoms with Crippen LogP contribution in [0, 0.1) is 6.92 Å². The largest absolute Gasteiger partial charge is 0.370 e. The Kier molecular flexibility index (Phi) is 8.61. The number of aryl methyl sites for hydroxylation is 2. The molecule has 0 atom stereocenters. The van der Waals surface area contributed by atoms with E-state index in [9.17, 15) is 0 Å². The quantitative estimate of drug-likeness (QED) is 0.495. The summed E-state index contributed by atoms with van der Waals surface area (Å²) in [4.78, 5) is 7.10. The van der Waals surface area contributed by atoms with Crippen molar-refractivity contribution in [2.24, 2.45) is 4.99 Å². The molecular formula is C20H33N7. The van der Waals surface area contributed by atoms with Crippen molar-refractivity contribution in [3.8, 4) is 0 Å². The summed E-state index contributed by atoms with van der Waals surface area (Å²) in [5, 5.41) is 14.8. The van der Waals surface area contributed by atoms with Crippen LogP contribution in [0.5, 0.6) is 0 Å². The first-order chi connectivity index (χ1) is 13.2. The molecule has 0 aliphatic rings. The molecule has 7 nitrogen and oxygen atoms in total. The summed E-state index contributed by atoms with van der Waals surface area (Å²) in [6, 6.07) is 8.51. The standard InChI is InChI=1S/C20H33N7/c1-5-19-25-24-16-27(19)15-13-23-20(21-6-2)22-12-14-26(7-3)18-11-9-8-10-17(18)4/h8-11,16H,5-7,12-15H2,1-4H3,(H2,21,22,23). The zero-order valence-corrected chi connectivity index (χ0v) is 17.1. The van der Waals surface area contributed by atoms with E-state index in [-0.39, 0.29) is 0 Å². The van der Waals surface area contributed by atoms with E-state index in [0.717, 1.165) is 57.5 Å². The lowest BCUT2D eigenvalue weighted by Crippen LogP contribution is -2.39. The van der Waals surface area contributed by atoms with Crippen LogP contribution in [-0.4, -0.2) is 53.4 Å². The van der Waals surface area contributed by atoms with Gasteiger partial charge in [0, 0.05) is 44.8 Å². The van der Waals surface area contributed by atoms with Gasteiger partial charge in [0.15, 0.2) is 5.96 Å². The summed E-state index contributed by atoms with van der Waals surface area (Å²) in [5.41, 5.74) is 2.59. The molecule has 0 spiro atoms. The molecular weight excluding hydrogens is 338 g/mol. The molecule has 2 rings (SSSR count). The minimum absolute atomic E-state index is 0.740. The van der Waals surface area contributed by atoms with Gasteiger partial charge in [-0.2, -0.15) is 0 Å². The SMILES string of the molecule is CCNC(=NCCN(CC)c1ccccc1C)NCCn1cnnc1CC. The van der Waals surface area contributed by atoms with Gasteiger partial charge in [0.1, 0.15) is 12.2 Å². The molecule has 0 saturated carbocycles. The average Bonchev–Trinajstić information content (AvgIpc) is 3.13. The molecule has 0 bridgehead atoms. The highest BCUT2D eigenvalue weighted by Gasteiger charge is 2.07. The molecule has 0 unspecified atom stereocenters. The molecule has 0 aliphatic carbocycles. The number of hydrogen-bond donors (Lipinski definition) is 2. The van der Waals surface area contributed by atoms with E-state index < -0.39 is 0 Å². The molecule has 0 saturated heterocycles. The van der Waals surface area contributed by atoms with Crippen molar-refractivity contribution in [1.82, 2.24) is 25.4 Å². The third-order valence-electron chi connectivity index (χ3n) is 4.48. The molecule has 0 amide bonds. The number of benzene rings is 1. The summed E-state index contributed by atoms with van der Waals surface area (Å²) in [6.07, 6.45) is 2.67. The normalized spacial score (nSPS) is 11.5. The van der Waals surface area contributed by atoms with E-state index in [1.54, 1.807) is 6.33 Å². The molecule has 1 aromatic heterocycles. The van der Waals surface area contributed by atoms with E-state index in [2.05, 4.69) is 82.3 Å². The van der Waals surface area contributed by atoms with E-state index in [4.69, 9.17) is 4.99 Å². The van der Waals surface area contributed by atoms with E-state index in [1.165, 1.54) is 11.3 Å². The number of anilines is 1. The Morgan fingerprint density at radius 1 is 1.19 bits per heavy atom. The van der Waals surface area contributed by atoms with Gasteiger partial charge < -0.3 is 20.1 Å². The van der Waals surface area contributed by atoms with Crippen molar-refractivity contribution in [1.29, 1.82) is 0 Å². The van der Waals surface area contributed by atoms with Gasteiger partial charge in [-0.1, -0.05) is 25.1 Å². The first-order valence-electron chi connectivity index (χ1n) is 9.89. The molecule has 27 heavy (non-hydrogen) atoms. The number of likely N-dealkylation sites (N-methyl/N-ethyl adjacent to an activating group) is 1. The molecule has 1 heterocycles. The molecule has 7 heteroatoms. The van der Waals surface area contributed by atoms with Gasteiger partial charge in [0.05, 0.1) is 6.54 Å². The van der Waals surface area contributed by atoms with Gasteiger partial charge in [-0.05, 0) is 32.4 Å². The molecule has 148 valence electrons. The maximum absolute atomic E-state index is 4.73. The maximum Gasteiger partial charge on any atom is 0.191 e. The van der Waals surface area contributed by atoms with E-state index in [1.807, 2.05) is 0 Å². The van der Waals surface area contributed by atoms with Gasteiger partial charge in [-0.15, -0.1) is 10.2 Å². The number of hydrogen-bond acceptors (Lipinski definition) is 4. The smallest absolute Gasteiger partial charge is 0.191 e. The molecule has 0 radical (unpaired) electrons. The summed E-state index contributed by atoms with van der Waals surface area (Å²) >= 11 is 0. The Morgan fingerprint density at radius 2 is 2.00 bits per heavy atom. The lowest BCUT2D eigenvalue weighted by molar-refractivity contribution is 0.632. The summed E-state index contributed by atoms with van der Waals surface area (Å²) in [5.74, 6) is 1.86. The second-order valence-corrected chi connectivity index (χ2v) is 6.35. The highest BCUT2D eigenvalue weighted by atomic mass is 15.3. The van der Waals surface area contributed by atoms with Gasteiger partial charge in [-0.25, -0.2) is 0 Å². The predicted octanol–water partition coefficient (Wildman–Crippen LogP) is 2.23. The second-order valence-electron chi connectivity index (χ2n) is 6.35. The average molecular weight is 372 g/mol. The number of nitrogens with zero attached hydrogens (tertiary/aromatic N) is 5. The van der Waals surface area contributed by atoms with Crippen LogP contribution in [0.1, 0.15) is 32.2 Å². The van der Waals surface area contributed by atoms with E-state index in [0.29, 0.717) is 0 Å². The van der Waals surface area contributed by atoms with Crippen LogP contribution >= 0.6 is 0 Å². The fourth-order valence-electron chi connectivity index (χ4n) is 3.03. The van der Waals surface area contributed by atoms with Gasteiger partial charge in [-0.3, -0.25) is 4.99 Å². The molecule has 1 aromatic carbocycles. The summed E-state index contributed by atoms with van der Waals surface area (Å²) < 4.78 is 2.08. The Labute approximate surface area is 162 Å². The number of aliphatic imine (C=N–C) groups is 1. The molecule has 2 N–H and O–H groups in total. The first-order valence-corrected chi connectivity index (χ1v) is 9.89. The highest BCUT2D eigenvalue weighted by molar-refractivity contribution is 5.79. The van der Waals surface area contributed by atoms with Crippen molar-refractivity contribution in [3.63, 3.8) is 0 Å². The Morgan fingerprint density at radius 3 is 2.70 bits per heavy atom. The van der Waals surface area contributed by atoms with Gasteiger partial charge in [0.2, 0.25) is 0 Å². The van der Waals surface area contributed by atoms with Crippen molar-refractivity contribution < 1.29 is 0 Å². The number of aromatic nitrogens is 3.